The van der Waals surface area contributed by atoms with Crippen LogP contribution in [0.15, 0.2) is 6.20 Å². The number of nitrogens with zero attached hydrogens (tertiary/aromatic N) is 3. The van der Waals surface area contributed by atoms with Gasteiger partial charge in [0.15, 0.2) is 11.6 Å². The number of hydrogen-bond donors (Lipinski definition) is 1. The highest BCUT2D eigenvalue weighted by Gasteiger charge is 2.14. The SMILES string of the molecule is COCC(O)CN(C)c1nc(Cl)ncc1F. The van der Waals surface area contributed by atoms with Gasteiger partial charge in [0.25, 0.3) is 0 Å². The Hall–Kier alpha value is -0.980. The minimum atomic E-state index is -0.719. The van der Waals surface area contributed by atoms with Gasteiger partial charge in [-0.25, -0.2) is 9.37 Å². The number of aliphatic hydroxyl groups is 1. The average Bonchev–Trinajstić information content (AvgIpc) is 2.21. The van der Waals surface area contributed by atoms with Crippen LogP contribution >= 0.6 is 11.6 Å². The van der Waals surface area contributed by atoms with E-state index in [1.807, 2.05) is 0 Å². The number of aromatic nitrogens is 2. The van der Waals surface area contributed by atoms with E-state index in [9.17, 15) is 9.50 Å². The maximum atomic E-state index is 13.3. The second-order valence-corrected chi connectivity index (χ2v) is 3.64. The zero-order valence-corrected chi connectivity index (χ0v) is 9.78. The predicted molar refractivity (Wildman–Crippen MR) is 58.2 cm³/mol. The Labute approximate surface area is 97.8 Å². The lowest BCUT2D eigenvalue weighted by atomic mass is 10.3. The summed E-state index contributed by atoms with van der Waals surface area (Å²) in [5.41, 5.74) is 0. The maximum Gasteiger partial charge on any atom is 0.224 e. The summed E-state index contributed by atoms with van der Waals surface area (Å²) in [7, 11) is 3.08. The van der Waals surface area contributed by atoms with Crippen molar-refractivity contribution in [3.63, 3.8) is 0 Å². The minimum Gasteiger partial charge on any atom is -0.389 e. The van der Waals surface area contributed by atoms with Gasteiger partial charge < -0.3 is 14.7 Å². The summed E-state index contributed by atoms with van der Waals surface area (Å²) in [6.07, 6.45) is 0.271. The molecule has 0 radical (unpaired) electrons. The average molecular weight is 250 g/mol. The molecule has 0 bridgehead atoms. The molecule has 0 saturated heterocycles. The number of anilines is 1. The highest BCUT2D eigenvalue weighted by molar-refractivity contribution is 6.28. The molecule has 0 aliphatic carbocycles. The highest BCUT2D eigenvalue weighted by atomic mass is 35.5. The maximum absolute atomic E-state index is 13.3. The normalized spacial score (nSPS) is 12.6. The molecule has 0 aliphatic heterocycles. The zero-order chi connectivity index (χ0) is 12.1. The largest absolute Gasteiger partial charge is 0.389 e. The molecule has 5 nitrogen and oxygen atoms in total. The van der Waals surface area contributed by atoms with Crippen molar-refractivity contribution in [3.05, 3.63) is 17.3 Å². The van der Waals surface area contributed by atoms with Crippen LogP contribution in [0.2, 0.25) is 5.28 Å². The molecule has 90 valence electrons. The minimum absolute atomic E-state index is 0.0375. The van der Waals surface area contributed by atoms with Crippen LogP contribution in [-0.2, 0) is 4.74 Å². The number of aliphatic hydroxyl groups excluding tert-OH is 1. The molecule has 0 aromatic carbocycles. The van der Waals surface area contributed by atoms with Gasteiger partial charge in [-0.3, -0.25) is 0 Å². The smallest absolute Gasteiger partial charge is 0.224 e. The molecule has 1 aromatic heterocycles. The number of halogens is 2. The molecule has 0 aliphatic rings. The van der Waals surface area contributed by atoms with Gasteiger partial charge in [-0.05, 0) is 11.6 Å². The topological polar surface area (TPSA) is 58.5 Å². The molecule has 16 heavy (non-hydrogen) atoms. The van der Waals surface area contributed by atoms with Crippen molar-refractivity contribution in [1.82, 2.24) is 9.97 Å². The molecule has 0 amide bonds. The van der Waals surface area contributed by atoms with Gasteiger partial charge in [0.05, 0.1) is 18.9 Å². The van der Waals surface area contributed by atoms with E-state index in [1.54, 1.807) is 7.05 Å². The Balaban J connectivity index is 2.72. The third kappa shape index (κ3) is 3.55. The van der Waals surface area contributed by atoms with Crippen LogP contribution in [0.3, 0.4) is 0 Å². The van der Waals surface area contributed by atoms with Crippen LogP contribution in [0.25, 0.3) is 0 Å². The van der Waals surface area contributed by atoms with E-state index in [0.29, 0.717) is 0 Å². The van der Waals surface area contributed by atoms with Gasteiger partial charge in [-0.15, -0.1) is 0 Å². The molecule has 1 rings (SSSR count). The third-order valence-corrected chi connectivity index (χ3v) is 2.08. The molecule has 1 aromatic rings. The van der Waals surface area contributed by atoms with Crippen LogP contribution in [0.4, 0.5) is 10.2 Å². The number of rotatable bonds is 5. The second-order valence-electron chi connectivity index (χ2n) is 3.30. The van der Waals surface area contributed by atoms with Crippen molar-refractivity contribution in [1.29, 1.82) is 0 Å². The fourth-order valence-electron chi connectivity index (χ4n) is 1.25. The van der Waals surface area contributed by atoms with Crippen LogP contribution in [0, 0.1) is 5.82 Å². The summed E-state index contributed by atoms with van der Waals surface area (Å²) < 4.78 is 18.1. The first-order valence-electron chi connectivity index (χ1n) is 4.60. The molecule has 1 heterocycles. The van der Waals surface area contributed by atoms with Gasteiger partial charge in [-0.2, -0.15) is 4.98 Å². The summed E-state index contributed by atoms with van der Waals surface area (Å²) in [6.45, 7) is 0.364. The number of methoxy groups -OCH3 is 1. The molecule has 0 saturated carbocycles. The summed E-state index contributed by atoms with van der Waals surface area (Å²) in [5, 5.41) is 9.44. The van der Waals surface area contributed by atoms with E-state index < -0.39 is 11.9 Å². The molecule has 1 atom stereocenters. The van der Waals surface area contributed by atoms with E-state index in [4.69, 9.17) is 16.3 Å². The van der Waals surface area contributed by atoms with Gasteiger partial charge in [0, 0.05) is 20.7 Å². The molecule has 0 spiro atoms. The standard InChI is InChI=1S/C9H13ClFN3O2/c1-14(4-6(15)5-16-2)8-7(11)3-12-9(10)13-8/h3,6,15H,4-5H2,1-2H3. The van der Waals surface area contributed by atoms with Crippen molar-refractivity contribution >= 4 is 17.4 Å². The third-order valence-electron chi connectivity index (χ3n) is 1.90. The van der Waals surface area contributed by atoms with Gasteiger partial charge in [-0.1, -0.05) is 0 Å². The van der Waals surface area contributed by atoms with Crippen molar-refractivity contribution in [2.45, 2.75) is 6.10 Å². The van der Waals surface area contributed by atoms with Crippen LogP contribution in [-0.4, -0.2) is 48.5 Å². The first-order chi connectivity index (χ1) is 7.54. The number of hydrogen-bond acceptors (Lipinski definition) is 5. The van der Waals surface area contributed by atoms with Gasteiger partial charge in [0.1, 0.15) is 0 Å². The Morgan fingerprint density at radius 1 is 1.69 bits per heavy atom. The van der Waals surface area contributed by atoms with Crippen molar-refractivity contribution in [2.24, 2.45) is 0 Å². The molecular weight excluding hydrogens is 237 g/mol. The highest BCUT2D eigenvalue weighted by Crippen LogP contribution is 2.16. The van der Waals surface area contributed by atoms with Crippen molar-refractivity contribution < 1.29 is 14.2 Å². The molecule has 1 N–H and O–H groups in total. The second kappa shape index (κ2) is 5.93. The summed E-state index contributed by atoms with van der Waals surface area (Å²) >= 11 is 5.56. The molecule has 7 heteroatoms. The predicted octanol–water partition coefficient (Wildman–Crippen LogP) is 0.713. The Morgan fingerprint density at radius 3 is 3.00 bits per heavy atom. The van der Waals surface area contributed by atoms with Crippen molar-refractivity contribution in [2.75, 3.05) is 32.2 Å². The van der Waals surface area contributed by atoms with E-state index in [1.165, 1.54) is 12.0 Å². The van der Waals surface area contributed by atoms with Crippen molar-refractivity contribution in [3.8, 4) is 0 Å². The lowest BCUT2D eigenvalue weighted by Gasteiger charge is -2.21. The van der Waals surface area contributed by atoms with Crippen LogP contribution in [0.1, 0.15) is 0 Å². The number of ether oxygens (including phenoxy) is 1. The van der Waals surface area contributed by atoms with Gasteiger partial charge in [0.2, 0.25) is 5.28 Å². The summed E-state index contributed by atoms with van der Waals surface area (Å²) in [5.74, 6) is -0.535. The molecule has 0 fully saturated rings. The van der Waals surface area contributed by atoms with E-state index in [2.05, 4.69) is 9.97 Å². The fourth-order valence-corrected chi connectivity index (χ4v) is 1.38. The van der Waals surface area contributed by atoms with Crippen LogP contribution in [0.5, 0.6) is 0 Å². The van der Waals surface area contributed by atoms with E-state index >= 15 is 0 Å². The molecular formula is C9H13ClFN3O2. The zero-order valence-electron chi connectivity index (χ0n) is 9.02. The lowest BCUT2D eigenvalue weighted by molar-refractivity contribution is 0.0693. The number of likely N-dealkylation sites (N-methyl/N-ethyl adjacent to an activating group) is 1. The first kappa shape index (κ1) is 13.1. The van der Waals surface area contributed by atoms with Gasteiger partial charge >= 0.3 is 0 Å². The van der Waals surface area contributed by atoms with E-state index in [0.717, 1.165) is 6.20 Å². The quantitative estimate of drug-likeness (QED) is 0.779. The monoisotopic (exact) mass is 249 g/mol. The Morgan fingerprint density at radius 2 is 2.38 bits per heavy atom. The Kier molecular flexibility index (Phi) is 4.85. The molecule has 1 unspecified atom stereocenters. The van der Waals surface area contributed by atoms with E-state index in [-0.39, 0.29) is 24.3 Å². The fraction of sp³-hybridized carbons (Fsp3) is 0.556. The summed E-state index contributed by atoms with van der Waals surface area (Å²) in [6, 6.07) is 0. The lowest BCUT2D eigenvalue weighted by Crippen LogP contribution is -2.33. The van der Waals surface area contributed by atoms with Crippen LogP contribution < -0.4 is 4.90 Å². The summed E-state index contributed by atoms with van der Waals surface area (Å²) in [4.78, 5) is 8.69. The first-order valence-corrected chi connectivity index (χ1v) is 4.98. The Bertz CT molecular complexity index is 354.